The molecule has 2 bridgehead atoms. The van der Waals surface area contributed by atoms with Gasteiger partial charge in [-0.1, -0.05) is 67.1 Å². The monoisotopic (exact) mass is 663 g/mol. The number of nitrogens with zero attached hydrogens (tertiary/aromatic N) is 1. The van der Waals surface area contributed by atoms with Crippen molar-refractivity contribution in [3.05, 3.63) is 89.0 Å². The topological polar surface area (TPSA) is 84.9 Å². The molecule has 2 heterocycles. The second-order valence-electron chi connectivity index (χ2n) is 15.7. The van der Waals surface area contributed by atoms with E-state index in [0.29, 0.717) is 34.3 Å². The molecule has 1 spiro atoms. The number of likely N-dealkylation sites (tertiary alicyclic amines) is 1. The first kappa shape index (κ1) is 32.4. The number of rotatable bonds is 13. The van der Waals surface area contributed by atoms with Crippen LogP contribution in [0.2, 0.25) is 0 Å². The number of phenols is 1. The van der Waals surface area contributed by atoms with Crippen molar-refractivity contribution in [3.63, 3.8) is 0 Å². The third kappa shape index (κ3) is 6.02. The van der Waals surface area contributed by atoms with Gasteiger partial charge in [0.1, 0.15) is 31.0 Å². The predicted molar refractivity (Wildman–Crippen MR) is 188 cm³/mol. The van der Waals surface area contributed by atoms with Gasteiger partial charge in [-0.3, -0.25) is 9.59 Å². The van der Waals surface area contributed by atoms with Gasteiger partial charge in [0.15, 0.2) is 11.5 Å². The summed E-state index contributed by atoms with van der Waals surface area (Å²) in [6, 6.07) is 23.0. The van der Waals surface area contributed by atoms with Gasteiger partial charge in [0.25, 0.3) is 5.91 Å². The van der Waals surface area contributed by atoms with Crippen molar-refractivity contribution in [1.29, 1.82) is 0 Å². The molecular weight excluding hydrogens is 612 g/mol. The highest BCUT2D eigenvalue weighted by atomic mass is 16.6. The summed E-state index contributed by atoms with van der Waals surface area (Å²) >= 11 is 0. The molecule has 2 unspecified atom stereocenters. The molecule has 3 aromatic rings. The molecule has 8 rings (SSSR count). The number of esters is 1. The summed E-state index contributed by atoms with van der Waals surface area (Å²) in [6.07, 6.45) is 12.9. The molecule has 258 valence electrons. The number of hydrogen-bond acceptors (Lipinski definition) is 5. The first-order chi connectivity index (χ1) is 23.9. The van der Waals surface area contributed by atoms with Crippen LogP contribution in [0.25, 0.3) is 0 Å². The fraction of sp³-hybridized carbons (Fsp3) is 0.524. The smallest absolute Gasteiger partial charge is 0.308 e. The van der Waals surface area contributed by atoms with Crippen molar-refractivity contribution in [2.45, 2.75) is 108 Å². The van der Waals surface area contributed by atoms with Crippen LogP contribution in [0, 0.1) is 17.8 Å². The molecule has 0 radical (unpaired) electrons. The molecule has 2 saturated carbocycles. The molecule has 2 aliphatic heterocycles. The van der Waals surface area contributed by atoms with E-state index >= 15 is 0 Å². The van der Waals surface area contributed by atoms with E-state index in [2.05, 4.69) is 66.1 Å². The molecule has 1 amide bonds. The van der Waals surface area contributed by atoms with Crippen LogP contribution in [0.15, 0.2) is 66.7 Å². The van der Waals surface area contributed by atoms with Crippen molar-refractivity contribution in [2.75, 3.05) is 13.1 Å². The van der Waals surface area contributed by atoms with E-state index in [0.717, 1.165) is 88.4 Å². The Morgan fingerprint density at radius 3 is 2.43 bits per heavy atom. The minimum Gasteiger partial charge on any atom is -0.508 e. The Morgan fingerprint density at radius 2 is 1.71 bits per heavy atom. The second kappa shape index (κ2) is 13.1. The highest BCUT2D eigenvalue weighted by Gasteiger charge is 2.69. The lowest BCUT2D eigenvalue weighted by Crippen LogP contribution is -2.77. The molecule has 5 aliphatic rings. The standard InChI is InChI=1S/C42H50N2O5/c1-28(45)48-37-26-36(46)33-25-35-34-17-10-18-38-42(34,39(33)40(37)49-38)23-24-44(35,27-31-19-20-31)43-41(47)32(22-21-30-13-6-3-7-14-30)16-9-8-15-29-11-4-2-5-12-29/h2-7,11-14,26,31-32,34-35,38H,8-10,15-25,27H2,1H3,(H-,43,46,47)/p+1/t32?,34-,35+,38-,42+,44?/m0/s1. The van der Waals surface area contributed by atoms with Gasteiger partial charge in [0.2, 0.25) is 0 Å². The minimum atomic E-state index is -0.412. The molecule has 7 heteroatoms. The third-order valence-corrected chi connectivity index (χ3v) is 12.7. The Kier molecular flexibility index (Phi) is 8.67. The quantitative estimate of drug-likeness (QED) is 0.0864. The Hall–Kier alpha value is -3.84. The maximum absolute atomic E-state index is 14.7. The number of aryl methyl sites for hydroxylation is 2. The summed E-state index contributed by atoms with van der Waals surface area (Å²) in [6.45, 7) is 3.22. The van der Waals surface area contributed by atoms with E-state index in [9.17, 15) is 14.7 Å². The molecule has 0 aromatic heterocycles. The summed E-state index contributed by atoms with van der Waals surface area (Å²) in [4.78, 5) is 26.7. The van der Waals surface area contributed by atoms with Crippen molar-refractivity contribution >= 4 is 11.9 Å². The largest absolute Gasteiger partial charge is 0.508 e. The van der Waals surface area contributed by atoms with Crippen LogP contribution < -0.4 is 14.9 Å². The number of ether oxygens (including phenoxy) is 2. The maximum atomic E-state index is 14.7. The number of nitrogens with one attached hydrogen (secondary N) is 1. The molecule has 7 nitrogen and oxygen atoms in total. The van der Waals surface area contributed by atoms with E-state index < -0.39 is 5.97 Å². The predicted octanol–water partition coefficient (Wildman–Crippen LogP) is 7.36. The van der Waals surface area contributed by atoms with Gasteiger partial charge in [0, 0.05) is 54.7 Å². The first-order valence-electron chi connectivity index (χ1n) is 18.9. The zero-order valence-electron chi connectivity index (χ0n) is 28.9. The zero-order chi connectivity index (χ0) is 33.6. The molecule has 3 aliphatic carbocycles. The van der Waals surface area contributed by atoms with Gasteiger partial charge in [-0.25, -0.2) is 10.0 Å². The Morgan fingerprint density at radius 1 is 0.980 bits per heavy atom. The number of unbranched alkanes of at least 4 members (excludes halogenated alkanes) is 1. The van der Waals surface area contributed by atoms with Crippen LogP contribution in [0.5, 0.6) is 17.2 Å². The number of piperidine rings is 1. The van der Waals surface area contributed by atoms with Crippen molar-refractivity contribution in [3.8, 4) is 17.2 Å². The van der Waals surface area contributed by atoms with Crippen LogP contribution in [-0.4, -0.2) is 46.8 Å². The van der Waals surface area contributed by atoms with Gasteiger partial charge < -0.3 is 14.6 Å². The molecule has 3 fully saturated rings. The van der Waals surface area contributed by atoms with Crippen LogP contribution in [0.3, 0.4) is 0 Å². The molecule has 49 heavy (non-hydrogen) atoms. The second-order valence-corrected chi connectivity index (χ2v) is 15.7. The van der Waals surface area contributed by atoms with Crippen molar-refractivity contribution < 1.29 is 28.8 Å². The van der Waals surface area contributed by atoms with E-state index in [1.54, 1.807) is 6.07 Å². The van der Waals surface area contributed by atoms with Crippen molar-refractivity contribution in [1.82, 2.24) is 5.43 Å². The number of aromatic hydroxyl groups is 1. The number of carbonyl (C=O) groups excluding carboxylic acids is 2. The van der Waals surface area contributed by atoms with Gasteiger partial charge in [-0.2, -0.15) is 0 Å². The Labute approximate surface area is 290 Å². The van der Waals surface area contributed by atoms with Gasteiger partial charge in [0.05, 0.1) is 5.41 Å². The first-order valence-corrected chi connectivity index (χ1v) is 18.9. The number of amides is 1. The fourth-order valence-corrected chi connectivity index (χ4v) is 10.3. The molecular formula is C42H51N2O5+. The summed E-state index contributed by atoms with van der Waals surface area (Å²) < 4.78 is 13.0. The van der Waals surface area contributed by atoms with Crippen LogP contribution in [0.4, 0.5) is 0 Å². The van der Waals surface area contributed by atoms with Gasteiger partial charge in [-0.15, -0.1) is 0 Å². The summed E-state index contributed by atoms with van der Waals surface area (Å²) in [5.41, 5.74) is 8.25. The number of quaternary nitrogens is 1. The lowest BCUT2D eigenvalue weighted by molar-refractivity contribution is -0.995. The van der Waals surface area contributed by atoms with E-state index in [1.807, 2.05) is 0 Å². The highest BCUT2D eigenvalue weighted by molar-refractivity contribution is 5.77. The van der Waals surface area contributed by atoms with E-state index in [-0.39, 0.29) is 35.1 Å². The van der Waals surface area contributed by atoms with E-state index in [1.165, 1.54) is 30.9 Å². The van der Waals surface area contributed by atoms with Gasteiger partial charge in [-0.05, 0) is 75.3 Å². The third-order valence-electron chi connectivity index (χ3n) is 12.7. The molecule has 3 aromatic carbocycles. The molecule has 2 N–H and O–H groups in total. The minimum absolute atomic E-state index is 0.000898. The van der Waals surface area contributed by atoms with Crippen LogP contribution in [0.1, 0.15) is 93.4 Å². The highest BCUT2D eigenvalue weighted by Crippen LogP contribution is 2.66. The van der Waals surface area contributed by atoms with Gasteiger partial charge >= 0.3 is 5.97 Å². The van der Waals surface area contributed by atoms with Crippen LogP contribution >= 0.6 is 0 Å². The van der Waals surface area contributed by atoms with E-state index in [4.69, 9.17) is 9.47 Å². The SMILES string of the molecule is CC(=O)Oc1cc(O)c2c3c1O[C@H]1CCC[C@H]4[C@@H](C2)[N+](CC2CC2)(NC(=O)C(CCCCc2ccccc2)CCc2ccccc2)CC[C@]314. The Bertz CT molecular complexity index is 1690. The molecule has 6 atom stereocenters. The summed E-state index contributed by atoms with van der Waals surface area (Å²) in [5.74, 6) is 1.87. The summed E-state index contributed by atoms with van der Waals surface area (Å²) in [7, 11) is 0. The number of hydrogen-bond donors (Lipinski definition) is 2. The molecule has 1 saturated heterocycles. The number of benzene rings is 3. The number of carbonyl (C=O) groups is 2. The zero-order valence-corrected chi connectivity index (χ0v) is 28.9. The number of phenolic OH excluding ortho intramolecular Hbond substituents is 1. The van der Waals surface area contributed by atoms with Crippen LogP contribution in [-0.2, 0) is 34.3 Å². The van der Waals surface area contributed by atoms with Crippen molar-refractivity contribution in [2.24, 2.45) is 17.8 Å². The fourth-order valence-electron chi connectivity index (χ4n) is 10.3. The summed E-state index contributed by atoms with van der Waals surface area (Å²) in [5, 5.41) is 11.5. The lowest BCUT2D eigenvalue weighted by atomic mass is 9.51. The maximum Gasteiger partial charge on any atom is 0.308 e. The lowest BCUT2D eigenvalue weighted by Gasteiger charge is -2.61. The average Bonchev–Trinajstić information content (AvgIpc) is 3.85. The Balaban J connectivity index is 1.08. The average molecular weight is 664 g/mol. The normalized spacial score (nSPS) is 28.2.